The third-order valence-electron chi connectivity index (χ3n) is 6.19. The zero-order valence-electron chi connectivity index (χ0n) is 17.9. The van der Waals surface area contributed by atoms with Gasteiger partial charge in [0.15, 0.2) is 0 Å². The van der Waals surface area contributed by atoms with E-state index in [-0.39, 0.29) is 5.91 Å². The molecular formula is C24H32N4O2. The molecule has 2 fully saturated rings. The highest BCUT2D eigenvalue weighted by Crippen LogP contribution is 2.35. The van der Waals surface area contributed by atoms with Crippen LogP contribution in [0.2, 0.25) is 0 Å². The Labute approximate surface area is 179 Å². The highest BCUT2D eigenvalue weighted by atomic mass is 16.5. The fourth-order valence-electron chi connectivity index (χ4n) is 4.59. The van der Waals surface area contributed by atoms with E-state index in [9.17, 15) is 4.79 Å². The summed E-state index contributed by atoms with van der Waals surface area (Å²) in [4.78, 5) is 18.3. The van der Waals surface area contributed by atoms with Crippen molar-refractivity contribution < 1.29 is 9.53 Å². The predicted octanol–water partition coefficient (Wildman–Crippen LogP) is 3.40. The third kappa shape index (κ3) is 4.93. The first-order chi connectivity index (χ1) is 14.6. The molecule has 1 saturated heterocycles. The van der Waals surface area contributed by atoms with Crippen LogP contribution >= 0.6 is 0 Å². The average molecular weight is 409 g/mol. The lowest BCUT2D eigenvalue weighted by Gasteiger charge is -2.27. The normalized spacial score (nSPS) is 22.6. The zero-order valence-corrected chi connectivity index (χ0v) is 17.9. The second-order valence-electron chi connectivity index (χ2n) is 8.32. The summed E-state index contributed by atoms with van der Waals surface area (Å²) >= 11 is 0. The lowest BCUT2D eigenvalue weighted by Crippen LogP contribution is -2.48. The largest absolute Gasteiger partial charge is 0.494 e. The van der Waals surface area contributed by atoms with Crippen molar-refractivity contribution in [2.45, 2.75) is 51.1 Å². The minimum Gasteiger partial charge on any atom is -0.494 e. The van der Waals surface area contributed by atoms with Gasteiger partial charge in [-0.3, -0.25) is 4.79 Å². The first kappa shape index (κ1) is 20.7. The Balaban J connectivity index is 1.33. The van der Waals surface area contributed by atoms with E-state index in [4.69, 9.17) is 4.74 Å². The number of carbonyl (C=O) groups excluding carboxylic acids is 1. The number of pyridine rings is 1. The number of hydrogen-bond donors (Lipinski definition) is 2. The Hall–Kier alpha value is -2.60. The van der Waals surface area contributed by atoms with Gasteiger partial charge in [0.2, 0.25) is 5.91 Å². The van der Waals surface area contributed by atoms with Crippen molar-refractivity contribution in [1.82, 2.24) is 15.6 Å². The molecule has 4 rings (SSSR count). The molecule has 0 unspecified atom stereocenters. The van der Waals surface area contributed by atoms with Gasteiger partial charge in [-0.05, 0) is 68.4 Å². The second kappa shape index (κ2) is 9.47. The van der Waals surface area contributed by atoms with E-state index in [0.29, 0.717) is 37.7 Å². The van der Waals surface area contributed by atoms with Crippen LogP contribution in [0.15, 0.2) is 42.6 Å². The molecule has 0 spiro atoms. The number of piperazine rings is 1. The SMILES string of the molecule is CCOc1cccc([C@@H](C)N[C@H]2CC[C@@H](c3ccc(N4CCNC(=O)C4)nc3)C2)c1. The van der Waals surface area contributed by atoms with Crippen LogP contribution < -0.4 is 20.3 Å². The summed E-state index contributed by atoms with van der Waals surface area (Å²) < 4.78 is 5.64. The summed E-state index contributed by atoms with van der Waals surface area (Å²) in [7, 11) is 0. The molecule has 1 amide bonds. The molecule has 2 aromatic rings. The highest BCUT2D eigenvalue weighted by Gasteiger charge is 2.27. The van der Waals surface area contributed by atoms with Gasteiger partial charge in [0, 0.05) is 31.4 Å². The average Bonchev–Trinajstić information content (AvgIpc) is 3.23. The quantitative estimate of drug-likeness (QED) is 0.735. The first-order valence-electron chi connectivity index (χ1n) is 11.1. The van der Waals surface area contributed by atoms with Crippen LogP contribution in [0.3, 0.4) is 0 Å². The van der Waals surface area contributed by atoms with Gasteiger partial charge in [-0.1, -0.05) is 18.2 Å². The molecule has 2 heterocycles. The maximum atomic E-state index is 11.6. The zero-order chi connectivity index (χ0) is 20.9. The summed E-state index contributed by atoms with van der Waals surface area (Å²) in [6.45, 7) is 6.82. The van der Waals surface area contributed by atoms with Crippen LogP contribution in [-0.2, 0) is 4.79 Å². The van der Waals surface area contributed by atoms with Gasteiger partial charge in [-0.25, -0.2) is 4.98 Å². The molecule has 1 aromatic carbocycles. The molecule has 6 heteroatoms. The van der Waals surface area contributed by atoms with E-state index in [2.05, 4.69) is 52.9 Å². The van der Waals surface area contributed by atoms with Gasteiger partial charge in [-0.2, -0.15) is 0 Å². The van der Waals surface area contributed by atoms with Crippen LogP contribution in [0, 0.1) is 0 Å². The number of benzene rings is 1. The minimum absolute atomic E-state index is 0.0674. The number of rotatable bonds is 7. The van der Waals surface area contributed by atoms with Crippen molar-refractivity contribution in [3.8, 4) is 5.75 Å². The van der Waals surface area contributed by atoms with Crippen molar-refractivity contribution in [2.24, 2.45) is 0 Å². The Morgan fingerprint density at radius 1 is 1.30 bits per heavy atom. The molecule has 1 aromatic heterocycles. The van der Waals surface area contributed by atoms with E-state index < -0.39 is 0 Å². The second-order valence-corrected chi connectivity index (χ2v) is 8.32. The fraction of sp³-hybridized carbons (Fsp3) is 0.500. The maximum Gasteiger partial charge on any atom is 0.239 e. The molecule has 1 aliphatic heterocycles. The van der Waals surface area contributed by atoms with E-state index in [1.807, 2.05) is 24.1 Å². The molecule has 30 heavy (non-hydrogen) atoms. The van der Waals surface area contributed by atoms with Gasteiger partial charge in [-0.15, -0.1) is 0 Å². The maximum absolute atomic E-state index is 11.6. The monoisotopic (exact) mass is 408 g/mol. The van der Waals surface area contributed by atoms with Crippen LogP contribution in [-0.4, -0.2) is 43.2 Å². The summed E-state index contributed by atoms with van der Waals surface area (Å²) in [6.07, 6.45) is 5.48. The lowest BCUT2D eigenvalue weighted by molar-refractivity contribution is -0.120. The van der Waals surface area contributed by atoms with Gasteiger partial charge in [0.1, 0.15) is 11.6 Å². The van der Waals surface area contributed by atoms with E-state index in [1.165, 1.54) is 24.0 Å². The van der Waals surface area contributed by atoms with Gasteiger partial charge < -0.3 is 20.3 Å². The van der Waals surface area contributed by atoms with Gasteiger partial charge in [0.25, 0.3) is 0 Å². The smallest absolute Gasteiger partial charge is 0.239 e. The topological polar surface area (TPSA) is 66.5 Å². The molecule has 160 valence electrons. The number of anilines is 1. The molecule has 6 nitrogen and oxygen atoms in total. The molecule has 1 saturated carbocycles. The van der Waals surface area contributed by atoms with Crippen molar-refractivity contribution in [1.29, 1.82) is 0 Å². The Morgan fingerprint density at radius 3 is 2.97 bits per heavy atom. The number of ether oxygens (including phenoxy) is 1. The van der Waals surface area contributed by atoms with Crippen LogP contribution in [0.25, 0.3) is 0 Å². The van der Waals surface area contributed by atoms with Gasteiger partial charge in [0.05, 0.1) is 13.2 Å². The fourth-order valence-corrected chi connectivity index (χ4v) is 4.59. The predicted molar refractivity (Wildman–Crippen MR) is 119 cm³/mol. The summed E-state index contributed by atoms with van der Waals surface area (Å²) in [5, 5.41) is 6.66. The highest BCUT2D eigenvalue weighted by molar-refractivity contribution is 5.82. The summed E-state index contributed by atoms with van der Waals surface area (Å²) in [6, 6.07) is 13.4. The molecule has 0 radical (unpaired) electrons. The number of amides is 1. The van der Waals surface area contributed by atoms with Crippen molar-refractivity contribution in [3.05, 3.63) is 53.7 Å². The van der Waals surface area contributed by atoms with E-state index in [1.54, 1.807) is 0 Å². The summed E-state index contributed by atoms with van der Waals surface area (Å²) in [5.41, 5.74) is 2.57. The van der Waals surface area contributed by atoms with Crippen molar-refractivity contribution in [2.75, 3.05) is 31.1 Å². The molecule has 2 N–H and O–H groups in total. The van der Waals surface area contributed by atoms with Gasteiger partial charge >= 0.3 is 0 Å². The van der Waals surface area contributed by atoms with Crippen LogP contribution in [0.5, 0.6) is 5.75 Å². The Bertz CT molecular complexity index is 855. The summed E-state index contributed by atoms with van der Waals surface area (Å²) in [5.74, 6) is 2.43. The number of nitrogens with zero attached hydrogens (tertiary/aromatic N) is 2. The molecule has 2 aliphatic rings. The number of nitrogens with one attached hydrogen (secondary N) is 2. The Morgan fingerprint density at radius 2 is 2.20 bits per heavy atom. The molecule has 3 atom stereocenters. The van der Waals surface area contributed by atoms with Crippen LogP contribution in [0.4, 0.5) is 5.82 Å². The van der Waals surface area contributed by atoms with E-state index >= 15 is 0 Å². The molecular weight excluding hydrogens is 376 g/mol. The Kier molecular flexibility index (Phi) is 6.53. The third-order valence-corrected chi connectivity index (χ3v) is 6.19. The standard InChI is InChI=1S/C24H32N4O2/c1-3-30-22-6-4-5-18(14-22)17(2)27-21-9-7-19(13-21)20-8-10-23(26-15-20)28-12-11-25-24(29)16-28/h4-6,8,10,14-15,17,19,21,27H,3,7,9,11-13,16H2,1-2H3,(H,25,29)/t17-,19-,21+/m1/s1. The lowest BCUT2D eigenvalue weighted by atomic mass is 9.99. The van der Waals surface area contributed by atoms with Crippen molar-refractivity contribution >= 4 is 11.7 Å². The molecule has 1 aliphatic carbocycles. The first-order valence-corrected chi connectivity index (χ1v) is 11.1. The van der Waals surface area contributed by atoms with Crippen LogP contribution in [0.1, 0.15) is 56.2 Å². The number of carbonyl (C=O) groups is 1. The number of aromatic nitrogens is 1. The number of hydrogen-bond acceptors (Lipinski definition) is 5. The minimum atomic E-state index is 0.0674. The van der Waals surface area contributed by atoms with Crippen molar-refractivity contribution in [3.63, 3.8) is 0 Å². The van der Waals surface area contributed by atoms with E-state index in [0.717, 1.165) is 24.5 Å². The molecule has 0 bridgehead atoms.